The number of hydrogen-bond acceptors (Lipinski definition) is 3. The number of aromatic nitrogens is 1. The summed E-state index contributed by atoms with van der Waals surface area (Å²) < 4.78 is 14.2. The average molecular weight is 356 g/mol. The second-order valence-corrected chi connectivity index (χ2v) is 7.13. The number of nitrogens with one attached hydrogen (secondary N) is 1. The molecule has 1 fully saturated rings. The summed E-state index contributed by atoms with van der Waals surface area (Å²) in [6.45, 7) is 3.91. The van der Waals surface area contributed by atoms with Crippen molar-refractivity contribution in [1.29, 1.82) is 0 Å². The topological polar surface area (TPSA) is 53.2 Å². The van der Waals surface area contributed by atoms with Crippen molar-refractivity contribution >= 4 is 11.6 Å². The summed E-state index contributed by atoms with van der Waals surface area (Å²) in [6.07, 6.45) is 4.61. The molecular formula is C21H25FN2O2. The number of aromatic amines is 1. The fourth-order valence-corrected chi connectivity index (χ4v) is 3.59. The summed E-state index contributed by atoms with van der Waals surface area (Å²) in [5, 5.41) is 0. The molecule has 138 valence electrons. The average Bonchev–Trinajstić information content (AvgIpc) is 3.13. The van der Waals surface area contributed by atoms with Crippen LogP contribution in [0.25, 0.3) is 0 Å². The molecule has 0 bridgehead atoms. The van der Waals surface area contributed by atoms with Crippen LogP contribution in [-0.4, -0.2) is 41.6 Å². The minimum absolute atomic E-state index is 0.0165. The Labute approximate surface area is 153 Å². The van der Waals surface area contributed by atoms with Crippen molar-refractivity contribution < 1.29 is 14.0 Å². The molecule has 0 radical (unpaired) electrons. The third kappa shape index (κ3) is 3.93. The summed E-state index contributed by atoms with van der Waals surface area (Å²) in [7, 11) is 2.09. The van der Waals surface area contributed by atoms with Crippen LogP contribution in [0.4, 0.5) is 4.39 Å². The highest BCUT2D eigenvalue weighted by molar-refractivity contribution is 6.11. The summed E-state index contributed by atoms with van der Waals surface area (Å²) in [4.78, 5) is 30.4. The second-order valence-electron chi connectivity index (χ2n) is 7.13. The molecule has 1 saturated heterocycles. The highest BCUT2D eigenvalue weighted by Gasteiger charge is 2.23. The molecule has 2 aromatic rings. The van der Waals surface area contributed by atoms with Gasteiger partial charge in [0.1, 0.15) is 5.82 Å². The fraction of sp³-hybridized carbons (Fsp3) is 0.429. The number of piperidine rings is 1. The molecule has 1 aromatic carbocycles. The molecule has 3 rings (SSSR count). The zero-order valence-electron chi connectivity index (χ0n) is 15.3. The first-order valence-electron chi connectivity index (χ1n) is 9.21. The zero-order chi connectivity index (χ0) is 18.7. The van der Waals surface area contributed by atoms with Crippen LogP contribution in [0.1, 0.15) is 58.2 Å². The molecule has 0 atom stereocenters. The Kier molecular flexibility index (Phi) is 5.67. The van der Waals surface area contributed by atoms with Crippen LogP contribution in [0.3, 0.4) is 0 Å². The number of aryl methyl sites for hydroxylation is 1. The van der Waals surface area contributed by atoms with Crippen LogP contribution in [0.5, 0.6) is 0 Å². The Balaban J connectivity index is 1.73. The summed E-state index contributed by atoms with van der Waals surface area (Å²) in [5.74, 6) is -0.494. The van der Waals surface area contributed by atoms with Crippen molar-refractivity contribution in [3.63, 3.8) is 0 Å². The highest BCUT2D eigenvalue weighted by atomic mass is 19.1. The quantitative estimate of drug-likeness (QED) is 0.800. The van der Waals surface area contributed by atoms with Gasteiger partial charge in [0, 0.05) is 18.2 Å². The van der Waals surface area contributed by atoms with Crippen LogP contribution >= 0.6 is 0 Å². The molecule has 1 aliphatic rings. The maximum atomic E-state index is 14.2. The zero-order valence-corrected chi connectivity index (χ0v) is 15.3. The minimum Gasteiger partial charge on any atom is -0.358 e. The lowest BCUT2D eigenvalue weighted by atomic mass is 9.91. The molecule has 5 heteroatoms. The number of likely N-dealkylation sites (tertiary alicyclic amines) is 1. The molecule has 0 amide bonds. The number of hydrogen-bond donors (Lipinski definition) is 1. The Bertz CT molecular complexity index is 804. The largest absolute Gasteiger partial charge is 0.358 e. The van der Waals surface area contributed by atoms with Gasteiger partial charge < -0.3 is 9.88 Å². The number of carbonyl (C=O) groups is 2. The van der Waals surface area contributed by atoms with E-state index < -0.39 is 5.82 Å². The molecule has 26 heavy (non-hydrogen) atoms. The minimum atomic E-state index is -0.519. The van der Waals surface area contributed by atoms with Gasteiger partial charge in [0.05, 0.1) is 11.3 Å². The first-order chi connectivity index (χ1) is 12.5. The van der Waals surface area contributed by atoms with Crippen LogP contribution in [0, 0.1) is 11.7 Å². The van der Waals surface area contributed by atoms with Crippen molar-refractivity contribution in [2.24, 2.45) is 5.92 Å². The van der Waals surface area contributed by atoms with Gasteiger partial charge in [-0.25, -0.2) is 4.39 Å². The van der Waals surface area contributed by atoms with E-state index in [1.54, 1.807) is 18.2 Å². The van der Waals surface area contributed by atoms with Gasteiger partial charge in [-0.15, -0.1) is 0 Å². The molecule has 0 aliphatic carbocycles. The normalized spacial score (nSPS) is 16.0. The van der Waals surface area contributed by atoms with Gasteiger partial charge in [-0.2, -0.15) is 0 Å². The highest BCUT2D eigenvalue weighted by Crippen LogP contribution is 2.23. The van der Waals surface area contributed by atoms with Gasteiger partial charge in [0.2, 0.25) is 0 Å². The number of rotatable bonds is 6. The molecule has 0 saturated carbocycles. The van der Waals surface area contributed by atoms with Crippen molar-refractivity contribution in [2.75, 3.05) is 20.1 Å². The SMILES string of the molecule is CCc1cccc(F)c1C(=O)c1c[nH]c(C(=O)CC2CCN(C)CC2)c1. The van der Waals surface area contributed by atoms with E-state index in [2.05, 4.69) is 16.9 Å². The fourth-order valence-electron chi connectivity index (χ4n) is 3.59. The summed E-state index contributed by atoms with van der Waals surface area (Å²) in [6, 6.07) is 6.23. The first-order valence-corrected chi connectivity index (χ1v) is 9.21. The Morgan fingerprint density at radius 1 is 1.27 bits per heavy atom. The molecule has 1 N–H and O–H groups in total. The van der Waals surface area contributed by atoms with Crippen molar-refractivity contribution in [2.45, 2.75) is 32.6 Å². The van der Waals surface area contributed by atoms with Crippen LogP contribution in [0.15, 0.2) is 30.5 Å². The van der Waals surface area contributed by atoms with E-state index in [9.17, 15) is 14.0 Å². The number of ketones is 2. The van der Waals surface area contributed by atoms with E-state index in [1.807, 2.05) is 6.92 Å². The molecular weight excluding hydrogens is 331 g/mol. The molecule has 0 spiro atoms. The van der Waals surface area contributed by atoms with Gasteiger partial charge in [0.15, 0.2) is 11.6 Å². The molecule has 0 unspecified atom stereocenters. The van der Waals surface area contributed by atoms with E-state index in [0.29, 0.717) is 35.6 Å². The molecule has 1 aliphatic heterocycles. The van der Waals surface area contributed by atoms with Gasteiger partial charge in [-0.1, -0.05) is 19.1 Å². The number of Topliss-reactive ketones (excluding diaryl/α,β-unsaturated/α-hetero) is 1. The number of benzene rings is 1. The number of nitrogens with zero attached hydrogens (tertiary/aromatic N) is 1. The predicted octanol–water partition coefficient (Wildman–Crippen LogP) is 3.86. The third-order valence-corrected chi connectivity index (χ3v) is 5.27. The van der Waals surface area contributed by atoms with E-state index in [-0.39, 0.29) is 17.1 Å². The number of carbonyl (C=O) groups excluding carboxylic acids is 2. The maximum Gasteiger partial charge on any atom is 0.197 e. The van der Waals surface area contributed by atoms with Crippen LogP contribution in [-0.2, 0) is 6.42 Å². The lowest BCUT2D eigenvalue weighted by Crippen LogP contribution is -2.31. The smallest absolute Gasteiger partial charge is 0.197 e. The molecule has 1 aromatic heterocycles. The molecule has 2 heterocycles. The maximum absolute atomic E-state index is 14.2. The number of halogens is 1. The standard InChI is InChI=1S/C21H25FN2O2/c1-3-15-5-4-6-17(22)20(15)21(26)16-12-18(23-13-16)19(25)11-14-7-9-24(2)10-8-14/h4-6,12-14,23H,3,7-11H2,1-2H3. The number of H-pyrrole nitrogens is 1. The lowest BCUT2D eigenvalue weighted by Gasteiger charge is -2.28. The van der Waals surface area contributed by atoms with E-state index >= 15 is 0 Å². The van der Waals surface area contributed by atoms with Gasteiger partial charge in [-0.3, -0.25) is 9.59 Å². The van der Waals surface area contributed by atoms with Gasteiger partial charge in [0.25, 0.3) is 0 Å². The van der Waals surface area contributed by atoms with E-state index in [4.69, 9.17) is 0 Å². The summed E-state index contributed by atoms with van der Waals surface area (Å²) in [5.41, 5.74) is 1.54. The predicted molar refractivity (Wildman–Crippen MR) is 99.2 cm³/mol. The van der Waals surface area contributed by atoms with E-state index in [0.717, 1.165) is 25.9 Å². The van der Waals surface area contributed by atoms with E-state index in [1.165, 1.54) is 12.3 Å². The van der Waals surface area contributed by atoms with Crippen molar-refractivity contribution in [1.82, 2.24) is 9.88 Å². The Morgan fingerprint density at radius 3 is 2.69 bits per heavy atom. The summed E-state index contributed by atoms with van der Waals surface area (Å²) >= 11 is 0. The lowest BCUT2D eigenvalue weighted by molar-refractivity contribution is 0.0931. The first kappa shape index (κ1) is 18.5. The van der Waals surface area contributed by atoms with Gasteiger partial charge >= 0.3 is 0 Å². The molecule has 4 nitrogen and oxygen atoms in total. The Hall–Kier alpha value is -2.27. The van der Waals surface area contributed by atoms with Crippen molar-refractivity contribution in [3.05, 3.63) is 58.7 Å². The van der Waals surface area contributed by atoms with Crippen LogP contribution in [0.2, 0.25) is 0 Å². The van der Waals surface area contributed by atoms with Crippen LogP contribution < -0.4 is 0 Å². The monoisotopic (exact) mass is 356 g/mol. The van der Waals surface area contributed by atoms with Crippen molar-refractivity contribution in [3.8, 4) is 0 Å². The Morgan fingerprint density at radius 2 is 2.00 bits per heavy atom. The third-order valence-electron chi connectivity index (χ3n) is 5.27. The second kappa shape index (κ2) is 7.96. The van der Waals surface area contributed by atoms with Gasteiger partial charge in [-0.05, 0) is 63.0 Å².